The smallest absolute Gasteiger partial charge is 0.342 e. The average Bonchev–Trinajstić information content (AvgIpc) is 2.82. The van der Waals surface area contributed by atoms with E-state index >= 15 is 0 Å². The maximum absolute atomic E-state index is 11.5. The van der Waals surface area contributed by atoms with E-state index in [1.165, 1.54) is 12.5 Å². The second-order valence-electron chi connectivity index (χ2n) is 3.10. The Hall–Kier alpha value is -1.88. The molecule has 0 spiro atoms. The zero-order valence-electron chi connectivity index (χ0n) is 9.01. The monoisotopic (exact) mass is 252 g/mol. The molecule has 5 nitrogen and oxygen atoms in total. The van der Waals surface area contributed by atoms with Crippen molar-refractivity contribution in [2.24, 2.45) is 0 Å². The van der Waals surface area contributed by atoms with Crippen molar-refractivity contribution in [1.29, 1.82) is 0 Å². The van der Waals surface area contributed by atoms with Crippen LogP contribution in [0.4, 0.5) is 0 Å². The van der Waals surface area contributed by atoms with Crippen LogP contribution in [0.1, 0.15) is 17.3 Å². The average molecular weight is 253 g/mol. The van der Waals surface area contributed by atoms with Crippen molar-refractivity contribution < 1.29 is 13.9 Å². The van der Waals surface area contributed by atoms with E-state index < -0.39 is 5.97 Å². The fraction of sp³-hybridized carbons (Fsp3) is 0.182. The summed E-state index contributed by atoms with van der Waals surface area (Å²) >= 11 is 5.88. The van der Waals surface area contributed by atoms with Crippen LogP contribution in [-0.2, 0) is 4.74 Å². The first kappa shape index (κ1) is 11.6. The molecule has 0 saturated carbocycles. The first-order valence-corrected chi connectivity index (χ1v) is 5.33. The van der Waals surface area contributed by atoms with E-state index in [0.717, 1.165) is 0 Å². The van der Waals surface area contributed by atoms with E-state index in [9.17, 15) is 4.79 Å². The van der Waals surface area contributed by atoms with Gasteiger partial charge in [-0.2, -0.15) is 0 Å². The Labute approximate surface area is 102 Å². The van der Waals surface area contributed by atoms with E-state index in [1.807, 2.05) is 0 Å². The topological polar surface area (TPSA) is 65.2 Å². The lowest BCUT2D eigenvalue weighted by Gasteiger charge is -2.03. The summed E-state index contributed by atoms with van der Waals surface area (Å²) in [5.41, 5.74) is 0.142. The molecule has 2 heterocycles. The summed E-state index contributed by atoms with van der Waals surface area (Å²) in [6.07, 6.45) is 2.83. The van der Waals surface area contributed by atoms with Gasteiger partial charge in [0.25, 0.3) is 0 Å². The van der Waals surface area contributed by atoms with Gasteiger partial charge in [-0.25, -0.2) is 14.8 Å². The van der Waals surface area contributed by atoms with E-state index in [4.69, 9.17) is 20.8 Å². The van der Waals surface area contributed by atoms with Crippen molar-refractivity contribution in [3.05, 3.63) is 35.3 Å². The Morgan fingerprint density at radius 3 is 3.00 bits per heavy atom. The van der Waals surface area contributed by atoms with Crippen LogP contribution in [0.25, 0.3) is 11.6 Å². The fourth-order valence-corrected chi connectivity index (χ4v) is 1.44. The number of esters is 1. The molecule has 17 heavy (non-hydrogen) atoms. The van der Waals surface area contributed by atoms with Crippen molar-refractivity contribution >= 4 is 17.6 Å². The molecule has 2 aromatic rings. The minimum Gasteiger partial charge on any atom is -0.462 e. The third kappa shape index (κ3) is 2.45. The molecule has 2 aromatic heterocycles. The predicted octanol–water partition coefficient (Wildman–Crippen LogP) is 2.57. The molecule has 0 radical (unpaired) electrons. The fourth-order valence-electron chi connectivity index (χ4n) is 1.23. The summed E-state index contributed by atoms with van der Waals surface area (Å²) in [5.74, 6) is 0.277. The van der Waals surface area contributed by atoms with Crippen LogP contribution >= 0.6 is 11.6 Å². The van der Waals surface area contributed by atoms with Gasteiger partial charge in [-0.3, -0.25) is 0 Å². The Morgan fingerprint density at radius 1 is 1.59 bits per heavy atom. The van der Waals surface area contributed by atoms with Crippen molar-refractivity contribution in [3.63, 3.8) is 0 Å². The number of hydrogen-bond acceptors (Lipinski definition) is 5. The third-order valence-electron chi connectivity index (χ3n) is 1.98. The van der Waals surface area contributed by atoms with Gasteiger partial charge in [-0.05, 0) is 19.1 Å². The molecule has 0 aliphatic heterocycles. The van der Waals surface area contributed by atoms with Gasteiger partial charge in [-0.1, -0.05) is 11.6 Å². The molecule has 6 heteroatoms. The second kappa shape index (κ2) is 4.97. The SMILES string of the molecule is CCOC(=O)c1cnc(-c2ccco2)nc1Cl. The lowest BCUT2D eigenvalue weighted by Crippen LogP contribution is -2.07. The van der Waals surface area contributed by atoms with Gasteiger partial charge < -0.3 is 9.15 Å². The molecule has 0 aliphatic carbocycles. The molecule has 0 atom stereocenters. The highest BCUT2D eigenvalue weighted by Gasteiger charge is 2.15. The number of rotatable bonds is 3. The van der Waals surface area contributed by atoms with Crippen LogP contribution in [0, 0.1) is 0 Å². The van der Waals surface area contributed by atoms with E-state index in [-0.39, 0.29) is 17.3 Å². The normalized spacial score (nSPS) is 10.2. The van der Waals surface area contributed by atoms with Gasteiger partial charge in [0.1, 0.15) is 10.7 Å². The summed E-state index contributed by atoms with van der Waals surface area (Å²) in [7, 11) is 0. The highest BCUT2D eigenvalue weighted by Crippen LogP contribution is 2.20. The minimum atomic E-state index is -0.538. The molecular formula is C11H9ClN2O3. The van der Waals surface area contributed by atoms with Crippen LogP contribution in [0.3, 0.4) is 0 Å². The van der Waals surface area contributed by atoms with E-state index in [2.05, 4.69) is 9.97 Å². The van der Waals surface area contributed by atoms with Crippen LogP contribution in [0.5, 0.6) is 0 Å². The van der Waals surface area contributed by atoms with E-state index in [1.54, 1.807) is 19.1 Å². The van der Waals surface area contributed by atoms with Crippen LogP contribution in [0.15, 0.2) is 29.0 Å². The lowest BCUT2D eigenvalue weighted by atomic mass is 10.3. The first-order chi connectivity index (χ1) is 8.22. The number of carbonyl (C=O) groups excluding carboxylic acids is 1. The van der Waals surface area contributed by atoms with Gasteiger partial charge >= 0.3 is 5.97 Å². The van der Waals surface area contributed by atoms with Crippen molar-refractivity contribution in [1.82, 2.24) is 9.97 Å². The first-order valence-electron chi connectivity index (χ1n) is 4.96. The molecule has 0 saturated heterocycles. The lowest BCUT2D eigenvalue weighted by molar-refractivity contribution is 0.0525. The molecule has 0 bridgehead atoms. The summed E-state index contributed by atoms with van der Waals surface area (Å²) < 4.78 is 9.94. The highest BCUT2D eigenvalue weighted by atomic mass is 35.5. The Bertz CT molecular complexity index is 526. The number of aromatic nitrogens is 2. The van der Waals surface area contributed by atoms with Crippen LogP contribution in [0.2, 0.25) is 5.15 Å². The largest absolute Gasteiger partial charge is 0.462 e. The second-order valence-corrected chi connectivity index (χ2v) is 3.45. The van der Waals surface area contributed by atoms with Crippen molar-refractivity contribution in [3.8, 4) is 11.6 Å². The Kier molecular flexibility index (Phi) is 3.39. The Morgan fingerprint density at radius 2 is 2.41 bits per heavy atom. The Balaban J connectivity index is 2.32. The van der Waals surface area contributed by atoms with Gasteiger partial charge in [0.05, 0.1) is 12.9 Å². The molecule has 0 aliphatic rings. The van der Waals surface area contributed by atoms with Gasteiger partial charge in [0.15, 0.2) is 11.6 Å². The van der Waals surface area contributed by atoms with Crippen molar-refractivity contribution in [2.75, 3.05) is 6.61 Å². The minimum absolute atomic E-state index is 0.0462. The molecule has 2 rings (SSSR count). The zero-order valence-corrected chi connectivity index (χ0v) is 9.77. The summed E-state index contributed by atoms with van der Waals surface area (Å²) in [5, 5.41) is 0.0462. The number of carbonyl (C=O) groups is 1. The maximum atomic E-state index is 11.5. The molecule has 0 aromatic carbocycles. The number of halogens is 1. The highest BCUT2D eigenvalue weighted by molar-refractivity contribution is 6.32. The number of furan rings is 1. The van der Waals surface area contributed by atoms with Crippen LogP contribution < -0.4 is 0 Å². The molecule has 0 fully saturated rings. The van der Waals surface area contributed by atoms with Crippen LogP contribution in [-0.4, -0.2) is 22.5 Å². The summed E-state index contributed by atoms with van der Waals surface area (Å²) in [6.45, 7) is 1.99. The molecular weight excluding hydrogens is 244 g/mol. The molecule has 0 amide bonds. The molecule has 0 N–H and O–H groups in total. The third-order valence-corrected chi connectivity index (χ3v) is 2.27. The van der Waals surface area contributed by atoms with Gasteiger partial charge in [0, 0.05) is 6.20 Å². The summed E-state index contributed by atoms with van der Waals surface area (Å²) in [4.78, 5) is 19.4. The number of nitrogens with zero attached hydrogens (tertiary/aromatic N) is 2. The standard InChI is InChI=1S/C11H9ClN2O3/c1-2-16-11(15)7-6-13-10(14-9(7)12)8-4-3-5-17-8/h3-6H,2H2,1H3. The van der Waals surface area contributed by atoms with Crippen molar-refractivity contribution in [2.45, 2.75) is 6.92 Å². The molecule has 88 valence electrons. The quantitative estimate of drug-likeness (QED) is 0.620. The number of hydrogen-bond donors (Lipinski definition) is 0. The maximum Gasteiger partial charge on any atom is 0.342 e. The molecule has 0 unspecified atom stereocenters. The van der Waals surface area contributed by atoms with Gasteiger partial charge in [0.2, 0.25) is 0 Å². The zero-order chi connectivity index (χ0) is 12.3. The number of ether oxygens (including phenoxy) is 1. The summed E-state index contributed by atoms with van der Waals surface area (Å²) in [6, 6.07) is 3.42. The predicted molar refractivity (Wildman–Crippen MR) is 60.7 cm³/mol. The van der Waals surface area contributed by atoms with E-state index in [0.29, 0.717) is 11.6 Å². The van der Waals surface area contributed by atoms with Gasteiger partial charge in [-0.15, -0.1) is 0 Å².